The molecule has 0 saturated heterocycles. The first-order valence-corrected chi connectivity index (χ1v) is 7.97. The van der Waals surface area contributed by atoms with Crippen molar-refractivity contribution in [2.24, 2.45) is 0 Å². The van der Waals surface area contributed by atoms with Crippen LogP contribution >= 0.6 is 0 Å². The van der Waals surface area contributed by atoms with Gasteiger partial charge in [-0.25, -0.2) is 4.79 Å². The van der Waals surface area contributed by atoms with E-state index >= 15 is 0 Å². The normalized spacial score (nSPS) is 10.1. The van der Waals surface area contributed by atoms with Crippen molar-refractivity contribution in [3.05, 3.63) is 59.7 Å². The Morgan fingerprint density at radius 2 is 1.67 bits per heavy atom. The van der Waals surface area contributed by atoms with Crippen molar-refractivity contribution >= 4 is 23.3 Å². The molecule has 5 nitrogen and oxygen atoms in total. The molecule has 0 radical (unpaired) electrons. The summed E-state index contributed by atoms with van der Waals surface area (Å²) in [6.07, 6.45) is 0.297. The first-order chi connectivity index (χ1) is 11.6. The van der Waals surface area contributed by atoms with E-state index < -0.39 is 0 Å². The summed E-state index contributed by atoms with van der Waals surface area (Å²) in [6, 6.07) is 14.7. The van der Waals surface area contributed by atoms with Crippen LogP contribution in [0.1, 0.15) is 29.3 Å². The molecule has 2 aromatic rings. The van der Waals surface area contributed by atoms with E-state index in [9.17, 15) is 9.59 Å². The third kappa shape index (κ3) is 4.84. The van der Waals surface area contributed by atoms with Gasteiger partial charge in [-0.15, -0.1) is 0 Å². The molecular formula is C19H22N2O3. The van der Waals surface area contributed by atoms with Crippen LogP contribution in [0.3, 0.4) is 0 Å². The average molecular weight is 326 g/mol. The Bertz CT molecular complexity index is 713. The first kappa shape index (κ1) is 17.5. The zero-order chi connectivity index (χ0) is 17.4. The molecule has 1 amide bonds. The second kappa shape index (κ2) is 8.72. The van der Waals surface area contributed by atoms with Crippen molar-refractivity contribution in [2.45, 2.75) is 20.3 Å². The van der Waals surface area contributed by atoms with Gasteiger partial charge in [0.1, 0.15) is 0 Å². The van der Waals surface area contributed by atoms with Crippen molar-refractivity contribution < 1.29 is 14.3 Å². The Morgan fingerprint density at radius 3 is 2.38 bits per heavy atom. The van der Waals surface area contributed by atoms with E-state index in [1.165, 1.54) is 0 Å². The summed E-state index contributed by atoms with van der Waals surface area (Å²) in [6.45, 7) is 4.47. The molecular weight excluding hydrogens is 304 g/mol. The molecule has 0 aliphatic carbocycles. The van der Waals surface area contributed by atoms with E-state index in [0.717, 1.165) is 11.3 Å². The smallest absolute Gasteiger partial charge is 0.340 e. The van der Waals surface area contributed by atoms with Gasteiger partial charge < -0.3 is 15.4 Å². The number of hydrogen-bond acceptors (Lipinski definition) is 4. The van der Waals surface area contributed by atoms with Gasteiger partial charge in [-0.1, -0.05) is 30.3 Å². The van der Waals surface area contributed by atoms with Crippen LogP contribution in [0.15, 0.2) is 48.5 Å². The van der Waals surface area contributed by atoms with Gasteiger partial charge in [0.25, 0.3) is 0 Å². The topological polar surface area (TPSA) is 67.4 Å². The van der Waals surface area contributed by atoms with Gasteiger partial charge in [0.05, 0.1) is 12.2 Å². The number of carbonyl (C=O) groups excluding carboxylic acids is 2. The summed E-state index contributed by atoms with van der Waals surface area (Å²) >= 11 is 0. The second-order valence-electron chi connectivity index (χ2n) is 5.31. The van der Waals surface area contributed by atoms with E-state index in [4.69, 9.17) is 4.74 Å². The highest BCUT2D eigenvalue weighted by molar-refractivity contribution is 5.96. The highest BCUT2D eigenvalue weighted by Gasteiger charge is 2.12. The Kier molecular flexibility index (Phi) is 6.37. The maximum Gasteiger partial charge on any atom is 0.340 e. The van der Waals surface area contributed by atoms with E-state index in [1.807, 2.05) is 37.3 Å². The summed E-state index contributed by atoms with van der Waals surface area (Å²) in [5, 5.41) is 6.01. The predicted molar refractivity (Wildman–Crippen MR) is 95.3 cm³/mol. The summed E-state index contributed by atoms with van der Waals surface area (Å²) in [5.74, 6) is -0.449. The minimum atomic E-state index is -0.370. The van der Waals surface area contributed by atoms with Crippen molar-refractivity contribution in [1.29, 1.82) is 0 Å². The fourth-order valence-corrected chi connectivity index (χ4v) is 2.26. The number of benzene rings is 2. The molecule has 0 aromatic heterocycles. The lowest BCUT2D eigenvalue weighted by Gasteiger charge is -2.12. The highest BCUT2D eigenvalue weighted by Crippen LogP contribution is 2.17. The van der Waals surface area contributed by atoms with E-state index in [2.05, 4.69) is 10.6 Å². The summed E-state index contributed by atoms with van der Waals surface area (Å²) in [5.41, 5.74) is 2.97. The van der Waals surface area contributed by atoms with Crippen molar-refractivity contribution in [2.75, 3.05) is 23.8 Å². The van der Waals surface area contributed by atoms with Crippen LogP contribution < -0.4 is 10.6 Å². The molecule has 0 saturated carbocycles. The number of aryl methyl sites for hydroxylation is 1. The third-order valence-corrected chi connectivity index (χ3v) is 3.51. The quantitative estimate of drug-likeness (QED) is 0.763. The molecule has 2 N–H and O–H groups in total. The molecule has 2 rings (SSSR count). The van der Waals surface area contributed by atoms with E-state index in [1.54, 1.807) is 25.1 Å². The fraction of sp³-hybridized carbons (Fsp3) is 0.263. The van der Waals surface area contributed by atoms with Gasteiger partial charge in [0.15, 0.2) is 0 Å². The van der Waals surface area contributed by atoms with Crippen LogP contribution in [0.4, 0.5) is 11.4 Å². The van der Waals surface area contributed by atoms with Gasteiger partial charge in [-0.3, -0.25) is 4.79 Å². The van der Waals surface area contributed by atoms with Gasteiger partial charge in [0, 0.05) is 24.3 Å². The zero-order valence-corrected chi connectivity index (χ0v) is 14.0. The average Bonchev–Trinajstić information content (AvgIpc) is 2.57. The lowest BCUT2D eigenvalue weighted by molar-refractivity contribution is -0.115. The van der Waals surface area contributed by atoms with E-state index in [0.29, 0.717) is 30.8 Å². The number of hydrogen-bond donors (Lipinski definition) is 2. The molecule has 126 valence electrons. The number of anilines is 2. The molecule has 0 atom stereocenters. The summed E-state index contributed by atoms with van der Waals surface area (Å²) < 4.78 is 5.03. The molecule has 24 heavy (non-hydrogen) atoms. The Labute approximate surface area is 142 Å². The molecule has 0 aliphatic heterocycles. The molecule has 0 unspecified atom stereocenters. The number of amides is 1. The van der Waals surface area contributed by atoms with Crippen molar-refractivity contribution in [3.8, 4) is 0 Å². The zero-order valence-electron chi connectivity index (χ0n) is 14.0. The minimum Gasteiger partial charge on any atom is -0.462 e. The third-order valence-electron chi connectivity index (χ3n) is 3.51. The van der Waals surface area contributed by atoms with Crippen LogP contribution in [-0.2, 0) is 9.53 Å². The SMILES string of the molecule is CCOC(=O)c1ccccc1NCCC(=O)Nc1ccccc1C. The predicted octanol–water partition coefficient (Wildman–Crippen LogP) is 3.61. The maximum absolute atomic E-state index is 12.0. The second-order valence-corrected chi connectivity index (χ2v) is 5.31. The minimum absolute atomic E-state index is 0.0783. The van der Waals surface area contributed by atoms with Crippen molar-refractivity contribution in [1.82, 2.24) is 0 Å². The number of ether oxygens (including phenoxy) is 1. The van der Waals surface area contributed by atoms with E-state index in [-0.39, 0.29) is 11.9 Å². The highest BCUT2D eigenvalue weighted by atomic mass is 16.5. The van der Waals surface area contributed by atoms with Crippen LogP contribution in [-0.4, -0.2) is 25.0 Å². The number of para-hydroxylation sites is 2. The lowest BCUT2D eigenvalue weighted by atomic mass is 10.1. The van der Waals surface area contributed by atoms with Crippen LogP contribution in [0.2, 0.25) is 0 Å². The fourth-order valence-electron chi connectivity index (χ4n) is 2.26. The molecule has 5 heteroatoms. The number of esters is 1. The molecule has 0 bridgehead atoms. The first-order valence-electron chi connectivity index (χ1n) is 7.97. The number of nitrogens with one attached hydrogen (secondary N) is 2. The summed E-state index contributed by atoms with van der Waals surface area (Å²) in [7, 11) is 0. The monoisotopic (exact) mass is 326 g/mol. The van der Waals surface area contributed by atoms with Gasteiger partial charge in [-0.2, -0.15) is 0 Å². The standard InChI is InChI=1S/C19H22N2O3/c1-3-24-19(23)15-9-5-7-11-17(15)20-13-12-18(22)21-16-10-6-4-8-14(16)2/h4-11,20H,3,12-13H2,1-2H3,(H,21,22). The van der Waals surface area contributed by atoms with Crippen LogP contribution in [0.25, 0.3) is 0 Å². The Balaban J connectivity index is 1.89. The number of rotatable bonds is 7. The Morgan fingerprint density at radius 1 is 1.00 bits per heavy atom. The van der Waals surface area contributed by atoms with Crippen molar-refractivity contribution in [3.63, 3.8) is 0 Å². The number of carbonyl (C=O) groups is 2. The maximum atomic E-state index is 12.0. The summed E-state index contributed by atoms with van der Waals surface area (Å²) in [4.78, 5) is 23.9. The molecule has 0 fully saturated rings. The van der Waals surface area contributed by atoms with Crippen LogP contribution in [0, 0.1) is 6.92 Å². The molecule has 0 spiro atoms. The molecule has 0 heterocycles. The molecule has 2 aromatic carbocycles. The largest absolute Gasteiger partial charge is 0.462 e. The van der Waals surface area contributed by atoms with Gasteiger partial charge in [0.2, 0.25) is 5.91 Å². The van der Waals surface area contributed by atoms with Gasteiger partial charge in [-0.05, 0) is 37.6 Å². The van der Waals surface area contributed by atoms with Crippen LogP contribution in [0.5, 0.6) is 0 Å². The lowest BCUT2D eigenvalue weighted by Crippen LogP contribution is -2.18. The molecule has 0 aliphatic rings. The Hall–Kier alpha value is -2.82. The van der Waals surface area contributed by atoms with Gasteiger partial charge >= 0.3 is 5.97 Å².